The molecule has 1 unspecified atom stereocenters. The van der Waals surface area contributed by atoms with Crippen molar-refractivity contribution in [1.29, 1.82) is 0 Å². The van der Waals surface area contributed by atoms with E-state index in [2.05, 4.69) is 76.6 Å². The molecule has 0 saturated carbocycles. The Morgan fingerprint density at radius 2 is 1.58 bits per heavy atom. The van der Waals surface area contributed by atoms with E-state index in [0.29, 0.717) is 18.4 Å². The second-order valence-electron chi connectivity index (χ2n) is 10.8. The first kappa shape index (κ1) is 26.4. The van der Waals surface area contributed by atoms with Crippen LogP contribution in [0.3, 0.4) is 0 Å². The van der Waals surface area contributed by atoms with E-state index in [0.717, 1.165) is 38.9 Å². The van der Waals surface area contributed by atoms with Crippen molar-refractivity contribution in [3.05, 3.63) is 71.8 Å². The molecule has 0 radical (unpaired) electrons. The van der Waals surface area contributed by atoms with Gasteiger partial charge in [0.1, 0.15) is 6.04 Å². The highest BCUT2D eigenvalue weighted by atomic mass is 16.2. The van der Waals surface area contributed by atoms with Gasteiger partial charge in [-0.15, -0.1) is 0 Å². The van der Waals surface area contributed by atoms with Crippen LogP contribution < -0.4 is 11.1 Å². The molecule has 0 bridgehead atoms. The smallest absolute Gasteiger partial charge is 0.245 e. The van der Waals surface area contributed by atoms with Gasteiger partial charge in [0.15, 0.2) is 0 Å². The van der Waals surface area contributed by atoms with Crippen molar-refractivity contribution in [2.45, 2.75) is 70.0 Å². The van der Waals surface area contributed by atoms with Crippen LogP contribution in [0.4, 0.5) is 0 Å². The van der Waals surface area contributed by atoms with Crippen molar-refractivity contribution >= 4 is 11.8 Å². The van der Waals surface area contributed by atoms with Gasteiger partial charge in [0.05, 0.1) is 6.04 Å². The van der Waals surface area contributed by atoms with Crippen LogP contribution in [0.25, 0.3) is 0 Å². The summed E-state index contributed by atoms with van der Waals surface area (Å²) in [5.41, 5.74) is 8.51. The van der Waals surface area contributed by atoms with Crippen LogP contribution in [0.1, 0.15) is 63.0 Å². The molecular formula is C30H42N4O2. The van der Waals surface area contributed by atoms with Crippen LogP contribution in [0.5, 0.6) is 0 Å². The molecule has 2 aliphatic rings. The number of rotatable bonds is 9. The first-order valence-electron chi connectivity index (χ1n) is 13.6. The van der Waals surface area contributed by atoms with Gasteiger partial charge in [-0.05, 0) is 49.3 Å². The zero-order chi connectivity index (χ0) is 25.7. The Morgan fingerprint density at radius 3 is 2.17 bits per heavy atom. The maximum Gasteiger partial charge on any atom is 0.245 e. The minimum absolute atomic E-state index is 0.0283. The maximum absolute atomic E-state index is 14.0. The second-order valence-corrected chi connectivity index (χ2v) is 10.8. The summed E-state index contributed by atoms with van der Waals surface area (Å²) in [6.45, 7) is 9.38. The Labute approximate surface area is 216 Å². The van der Waals surface area contributed by atoms with Gasteiger partial charge in [0.25, 0.3) is 0 Å². The van der Waals surface area contributed by atoms with E-state index in [4.69, 9.17) is 5.73 Å². The third-order valence-corrected chi connectivity index (χ3v) is 8.17. The fourth-order valence-corrected chi connectivity index (χ4v) is 5.77. The van der Waals surface area contributed by atoms with Gasteiger partial charge >= 0.3 is 0 Å². The zero-order valence-electron chi connectivity index (χ0n) is 22.0. The van der Waals surface area contributed by atoms with Gasteiger partial charge in [-0.25, -0.2) is 0 Å². The van der Waals surface area contributed by atoms with E-state index in [-0.39, 0.29) is 23.8 Å². The average molecular weight is 491 g/mol. The van der Waals surface area contributed by atoms with E-state index in [9.17, 15) is 9.59 Å². The molecule has 2 aliphatic heterocycles. The number of carbonyl (C=O) groups excluding carboxylic acids is 2. The van der Waals surface area contributed by atoms with E-state index >= 15 is 0 Å². The first-order chi connectivity index (χ1) is 17.4. The van der Waals surface area contributed by atoms with E-state index in [1.54, 1.807) is 6.92 Å². The zero-order valence-corrected chi connectivity index (χ0v) is 22.0. The third-order valence-electron chi connectivity index (χ3n) is 8.17. The van der Waals surface area contributed by atoms with Crippen molar-refractivity contribution in [1.82, 2.24) is 15.1 Å². The van der Waals surface area contributed by atoms with E-state index < -0.39 is 12.1 Å². The normalized spacial score (nSPS) is 24.9. The molecule has 6 atom stereocenters. The SMILES string of the molecule is CC[C@H](C)[C@@H](NC(=O)[C@H](C)N)C(=O)N1C[C@@H](c2ccccc2)C[C@H]1CN1CCC(c2ccccc2)C1. The monoisotopic (exact) mass is 490 g/mol. The highest BCUT2D eigenvalue weighted by Gasteiger charge is 2.41. The first-order valence-corrected chi connectivity index (χ1v) is 13.6. The molecular weight excluding hydrogens is 448 g/mol. The summed E-state index contributed by atoms with van der Waals surface area (Å²) in [7, 11) is 0. The fourth-order valence-electron chi connectivity index (χ4n) is 5.77. The van der Waals surface area contributed by atoms with Crippen LogP contribution in [0, 0.1) is 5.92 Å². The standard InChI is InChI=1S/C30H42N4O2/c1-4-21(2)28(32-29(35)22(3)31)30(36)34-19-26(24-13-9-6-10-14-24)17-27(34)20-33-16-15-25(18-33)23-11-7-5-8-12-23/h5-14,21-22,25-28H,4,15-20,31H2,1-3H3,(H,32,35)/t21-,22-,25?,26-,27-,28+/m0/s1. The summed E-state index contributed by atoms with van der Waals surface area (Å²) >= 11 is 0. The number of hydrogen-bond acceptors (Lipinski definition) is 4. The lowest BCUT2D eigenvalue weighted by Crippen LogP contribution is -2.56. The molecule has 4 rings (SSSR count). The second kappa shape index (κ2) is 12.0. The molecule has 194 valence electrons. The molecule has 6 heteroatoms. The number of benzene rings is 2. The average Bonchev–Trinajstić information content (AvgIpc) is 3.55. The number of amides is 2. The molecule has 2 heterocycles. The van der Waals surface area contributed by atoms with Crippen molar-refractivity contribution in [3.63, 3.8) is 0 Å². The molecule has 2 saturated heterocycles. The third kappa shape index (κ3) is 6.16. The number of hydrogen-bond donors (Lipinski definition) is 2. The van der Waals surface area contributed by atoms with Crippen molar-refractivity contribution < 1.29 is 9.59 Å². The van der Waals surface area contributed by atoms with Gasteiger partial charge in [-0.3, -0.25) is 9.59 Å². The number of nitrogens with two attached hydrogens (primary N) is 1. The summed E-state index contributed by atoms with van der Waals surface area (Å²) in [4.78, 5) is 31.1. The molecule has 3 N–H and O–H groups in total. The van der Waals surface area contributed by atoms with E-state index in [1.807, 2.05) is 13.0 Å². The molecule has 2 amide bonds. The van der Waals surface area contributed by atoms with Crippen molar-refractivity contribution in [2.75, 3.05) is 26.2 Å². The summed E-state index contributed by atoms with van der Waals surface area (Å²) in [5, 5.41) is 2.97. The molecule has 0 spiro atoms. The Hall–Kier alpha value is -2.70. The van der Waals surface area contributed by atoms with Crippen LogP contribution in [-0.4, -0.2) is 65.9 Å². The van der Waals surface area contributed by atoms with Gasteiger partial charge in [-0.1, -0.05) is 80.9 Å². The van der Waals surface area contributed by atoms with Crippen LogP contribution in [0.2, 0.25) is 0 Å². The van der Waals surface area contributed by atoms with Crippen molar-refractivity contribution in [3.8, 4) is 0 Å². The summed E-state index contributed by atoms with van der Waals surface area (Å²) in [6.07, 6.45) is 2.89. The lowest BCUT2D eigenvalue weighted by molar-refractivity contribution is -0.139. The number of likely N-dealkylation sites (tertiary alicyclic amines) is 2. The van der Waals surface area contributed by atoms with E-state index in [1.165, 1.54) is 11.1 Å². The number of nitrogens with zero attached hydrogens (tertiary/aromatic N) is 2. The lowest BCUT2D eigenvalue weighted by Gasteiger charge is -2.34. The lowest BCUT2D eigenvalue weighted by atomic mass is 9.96. The van der Waals surface area contributed by atoms with Crippen LogP contribution in [0.15, 0.2) is 60.7 Å². The molecule has 36 heavy (non-hydrogen) atoms. The summed E-state index contributed by atoms with van der Waals surface area (Å²) in [5.74, 6) is 0.634. The molecule has 2 aromatic rings. The molecule has 0 aliphatic carbocycles. The molecule has 2 fully saturated rings. The van der Waals surface area contributed by atoms with Crippen molar-refractivity contribution in [2.24, 2.45) is 11.7 Å². The predicted octanol–water partition coefficient (Wildman–Crippen LogP) is 3.74. The Balaban J connectivity index is 1.52. The Kier molecular flexibility index (Phi) is 8.81. The quantitative estimate of drug-likeness (QED) is 0.561. The number of carbonyl (C=O) groups is 2. The van der Waals surface area contributed by atoms with Crippen LogP contribution >= 0.6 is 0 Å². The van der Waals surface area contributed by atoms with Gasteiger partial charge in [-0.2, -0.15) is 0 Å². The minimum atomic E-state index is -0.643. The maximum atomic E-state index is 14.0. The number of nitrogens with one attached hydrogen (secondary N) is 1. The van der Waals surface area contributed by atoms with Gasteiger partial charge < -0.3 is 20.9 Å². The van der Waals surface area contributed by atoms with Crippen LogP contribution in [-0.2, 0) is 9.59 Å². The molecule has 2 aromatic carbocycles. The topological polar surface area (TPSA) is 78.7 Å². The predicted molar refractivity (Wildman–Crippen MR) is 145 cm³/mol. The minimum Gasteiger partial charge on any atom is -0.343 e. The van der Waals surface area contributed by atoms with Gasteiger partial charge in [0, 0.05) is 31.6 Å². The summed E-state index contributed by atoms with van der Waals surface area (Å²) in [6, 6.07) is 20.2. The largest absolute Gasteiger partial charge is 0.343 e. The summed E-state index contributed by atoms with van der Waals surface area (Å²) < 4.78 is 0. The Morgan fingerprint density at radius 1 is 0.972 bits per heavy atom. The molecule has 0 aromatic heterocycles. The van der Waals surface area contributed by atoms with Gasteiger partial charge in [0.2, 0.25) is 11.8 Å². The molecule has 6 nitrogen and oxygen atoms in total. The highest BCUT2D eigenvalue weighted by Crippen LogP contribution is 2.35. The Bertz CT molecular complexity index is 997. The highest BCUT2D eigenvalue weighted by molar-refractivity contribution is 5.90. The fraction of sp³-hybridized carbons (Fsp3) is 0.533.